The summed E-state index contributed by atoms with van der Waals surface area (Å²) in [6, 6.07) is 4.37. The number of nitrogens with zero attached hydrogens (tertiary/aromatic N) is 4. The molecule has 2 unspecified atom stereocenters. The van der Waals surface area contributed by atoms with E-state index in [1.807, 2.05) is 7.05 Å². The predicted octanol–water partition coefficient (Wildman–Crippen LogP) is 4.97. The highest BCUT2D eigenvalue weighted by Gasteiger charge is 2.66. The molecular weight excluding hydrogens is 599 g/mol. The zero-order valence-corrected chi connectivity index (χ0v) is 25.1. The van der Waals surface area contributed by atoms with Gasteiger partial charge in [0.1, 0.15) is 5.82 Å². The lowest BCUT2D eigenvalue weighted by molar-refractivity contribution is -0.144. The van der Waals surface area contributed by atoms with Crippen LogP contribution in [-0.4, -0.2) is 62.0 Å². The largest absolute Gasteiger partial charge is 0.389 e. The van der Waals surface area contributed by atoms with Crippen molar-refractivity contribution in [1.82, 2.24) is 40.9 Å². The lowest BCUT2D eigenvalue weighted by Crippen LogP contribution is -2.43. The Labute approximate surface area is 256 Å². The minimum Gasteiger partial charge on any atom is -0.350 e. The first-order valence-corrected chi connectivity index (χ1v) is 15.4. The lowest BCUT2D eigenvalue weighted by Gasteiger charge is -2.34. The molecule has 15 heteroatoms. The standard InChI is InChI=1S/C30H37F5N8O2/c1-16(38-24(44)7-10-30(33,34)35)18-3-4-20-21(11-18)40-26(39-20)25(17-5-8-29(31,32)9-6-17)41-27(45)23-14-37-43(42-23)15-28-12-19(28)22(13-28)36-2/h3-4,11,14,16-17,19,22,25,36H,5-10,12-13,15H2,1-2H3,(H,38,44)(H,39,40)(H,41,45)/t16-,19?,22+,25+,28?/m1/s1. The predicted molar refractivity (Wildman–Crippen MR) is 153 cm³/mol. The molecule has 6 rings (SSSR count). The zero-order chi connectivity index (χ0) is 32.1. The van der Waals surface area contributed by atoms with Crippen LogP contribution < -0.4 is 16.0 Å². The van der Waals surface area contributed by atoms with Crippen LogP contribution in [-0.2, 0) is 11.3 Å². The minimum absolute atomic E-state index is 0.132. The van der Waals surface area contributed by atoms with Crippen molar-refractivity contribution in [2.75, 3.05) is 7.05 Å². The van der Waals surface area contributed by atoms with E-state index in [1.54, 1.807) is 29.9 Å². The van der Waals surface area contributed by atoms with Crippen LogP contribution in [0.4, 0.5) is 22.0 Å². The number of carbonyl (C=O) groups excluding carboxylic acids is 2. The van der Waals surface area contributed by atoms with Crippen LogP contribution in [0.2, 0.25) is 0 Å². The molecule has 3 saturated carbocycles. The first-order valence-electron chi connectivity index (χ1n) is 15.4. The third-order valence-electron chi connectivity index (χ3n) is 9.81. The number of nitrogens with one attached hydrogen (secondary N) is 4. The number of fused-ring (bicyclic) bond motifs is 2. The fourth-order valence-electron chi connectivity index (χ4n) is 7.05. The van der Waals surface area contributed by atoms with E-state index in [1.165, 1.54) is 6.20 Å². The first kappa shape index (κ1) is 31.4. The van der Waals surface area contributed by atoms with Gasteiger partial charge in [0.05, 0.1) is 42.3 Å². The molecule has 0 aliphatic heterocycles. The normalized spacial score (nSPS) is 25.7. The second kappa shape index (κ2) is 11.6. The van der Waals surface area contributed by atoms with Gasteiger partial charge < -0.3 is 20.9 Å². The van der Waals surface area contributed by atoms with Crippen LogP contribution in [0.1, 0.15) is 92.3 Å². The molecule has 3 aliphatic rings. The van der Waals surface area contributed by atoms with E-state index in [0.29, 0.717) is 40.9 Å². The third-order valence-corrected chi connectivity index (χ3v) is 9.81. The van der Waals surface area contributed by atoms with Gasteiger partial charge in [0, 0.05) is 25.3 Å². The van der Waals surface area contributed by atoms with Gasteiger partial charge in [-0.3, -0.25) is 9.59 Å². The molecule has 3 aliphatic carbocycles. The monoisotopic (exact) mass is 636 g/mol. The Morgan fingerprint density at radius 1 is 1.16 bits per heavy atom. The maximum Gasteiger partial charge on any atom is 0.389 e. The molecule has 45 heavy (non-hydrogen) atoms. The number of imidazole rings is 1. The van der Waals surface area contributed by atoms with Gasteiger partial charge in [0.15, 0.2) is 5.69 Å². The Morgan fingerprint density at radius 3 is 2.60 bits per heavy atom. The maximum absolute atomic E-state index is 14.1. The quantitative estimate of drug-likeness (QED) is 0.220. The molecule has 5 atom stereocenters. The number of halogens is 5. The highest BCUT2D eigenvalue weighted by atomic mass is 19.4. The van der Waals surface area contributed by atoms with Crippen molar-refractivity contribution >= 4 is 22.8 Å². The van der Waals surface area contributed by atoms with E-state index in [0.717, 1.165) is 12.8 Å². The fraction of sp³-hybridized carbons (Fsp3) is 0.633. The smallest absolute Gasteiger partial charge is 0.350 e. The van der Waals surface area contributed by atoms with E-state index >= 15 is 0 Å². The summed E-state index contributed by atoms with van der Waals surface area (Å²) in [5.41, 5.74) is 2.08. The molecule has 0 saturated heterocycles. The summed E-state index contributed by atoms with van der Waals surface area (Å²) in [7, 11) is 1.96. The molecule has 244 valence electrons. The second-order valence-corrected chi connectivity index (χ2v) is 13.0. The molecule has 0 bridgehead atoms. The van der Waals surface area contributed by atoms with Crippen molar-refractivity contribution in [2.45, 2.75) is 95.1 Å². The number of aromatic nitrogens is 5. The average molecular weight is 637 g/mol. The number of amides is 2. The summed E-state index contributed by atoms with van der Waals surface area (Å²) in [5.74, 6) is -3.27. The number of hydrogen-bond acceptors (Lipinski definition) is 6. The van der Waals surface area contributed by atoms with E-state index in [4.69, 9.17) is 0 Å². The number of benzene rings is 1. The summed E-state index contributed by atoms with van der Waals surface area (Å²) in [4.78, 5) is 34.9. The highest BCUT2D eigenvalue weighted by Crippen LogP contribution is 2.68. The Balaban J connectivity index is 1.17. The van der Waals surface area contributed by atoms with Crippen molar-refractivity contribution in [3.8, 4) is 0 Å². The Morgan fingerprint density at radius 2 is 1.91 bits per heavy atom. The molecule has 10 nitrogen and oxygen atoms in total. The number of carbonyl (C=O) groups is 2. The summed E-state index contributed by atoms with van der Waals surface area (Å²) >= 11 is 0. The van der Waals surface area contributed by atoms with Crippen molar-refractivity contribution in [1.29, 1.82) is 0 Å². The second-order valence-electron chi connectivity index (χ2n) is 13.0. The Hall–Kier alpha value is -3.62. The Bertz CT molecular complexity index is 1560. The molecule has 4 N–H and O–H groups in total. The van der Waals surface area contributed by atoms with Gasteiger partial charge in [-0.25, -0.2) is 13.8 Å². The van der Waals surface area contributed by atoms with Gasteiger partial charge in [-0.2, -0.15) is 23.1 Å². The topological polar surface area (TPSA) is 130 Å². The molecule has 0 spiro atoms. The third kappa shape index (κ3) is 6.82. The van der Waals surface area contributed by atoms with E-state index in [9.17, 15) is 31.5 Å². The SMILES string of the molecule is CN[C@H]1CC2(Cn3ncc(C(=O)N[C@H](c4nc5ccc([C@@H](C)NC(=O)CCC(F)(F)F)cc5[nH]4)C4CCC(F)(F)CC4)n3)CC12. The summed E-state index contributed by atoms with van der Waals surface area (Å²) in [5, 5.41) is 17.6. The molecule has 3 fully saturated rings. The molecule has 0 radical (unpaired) electrons. The number of alkyl halides is 5. The molecule has 2 aromatic heterocycles. The lowest BCUT2D eigenvalue weighted by atomic mass is 9.80. The van der Waals surface area contributed by atoms with Crippen molar-refractivity contribution < 1.29 is 31.5 Å². The summed E-state index contributed by atoms with van der Waals surface area (Å²) in [6.07, 6.45) is -2.96. The maximum atomic E-state index is 14.1. The minimum atomic E-state index is -4.42. The number of H-pyrrole nitrogens is 1. The number of rotatable bonds is 11. The highest BCUT2D eigenvalue weighted by molar-refractivity contribution is 5.92. The average Bonchev–Trinajstić information content (AvgIpc) is 3.33. The van der Waals surface area contributed by atoms with Gasteiger partial charge in [-0.1, -0.05) is 6.07 Å². The van der Waals surface area contributed by atoms with Crippen LogP contribution in [0.5, 0.6) is 0 Å². The van der Waals surface area contributed by atoms with Crippen LogP contribution in [0.25, 0.3) is 11.0 Å². The van der Waals surface area contributed by atoms with Gasteiger partial charge in [-0.15, -0.1) is 5.10 Å². The van der Waals surface area contributed by atoms with Crippen LogP contribution >= 0.6 is 0 Å². The van der Waals surface area contributed by atoms with E-state index in [2.05, 4.69) is 36.1 Å². The first-order chi connectivity index (χ1) is 21.2. The van der Waals surface area contributed by atoms with Gasteiger partial charge >= 0.3 is 6.18 Å². The number of aromatic amines is 1. The summed E-state index contributed by atoms with van der Waals surface area (Å²) in [6.45, 7) is 2.30. The van der Waals surface area contributed by atoms with Crippen LogP contribution in [0.3, 0.4) is 0 Å². The molecule has 2 amide bonds. The Kier molecular flexibility index (Phi) is 8.11. The van der Waals surface area contributed by atoms with Crippen molar-refractivity contribution in [3.63, 3.8) is 0 Å². The molecule has 1 aromatic carbocycles. The number of hydrogen-bond donors (Lipinski definition) is 4. The summed E-state index contributed by atoms with van der Waals surface area (Å²) < 4.78 is 65.6. The van der Waals surface area contributed by atoms with E-state index in [-0.39, 0.29) is 42.7 Å². The van der Waals surface area contributed by atoms with Gasteiger partial charge in [-0.05, 0) is 74.6 Å². The van der Waals surface area contributed by atoms with Crippen LogP contribution in [0, 0.1) is 17.3 Å². The van der Waals surface area contributed by atoms with Crippen molar-refractivity contribution in [3.05, 3.63) is 41.5 Å². The zero-order valence-electron chi connectivity index (χ0n) is 25.1. The van der Waals surface area contributed by atoms with E-state index < -0.39 is 48.8 Å². The molecule has 2 heterocycles. The van der Waals surface area contributed by atoms with Gasteiger partial charge in [0.2, 0.25) is 11.8 Å². The van der Waals surface area contributed by atoms with Gasteiger partial charge in [0.25, 0.3) is 5.91 Å². The van der Waals surface area contributed by atoms with Crippen molar-refractivity contribution in [2.24, 2.45) is 17.3 Å². The molecular formula is C30H37F5N8O2. The fourth-order valence-corrected chi connectivity index (χ4v) is 7.05. The van der Waals surface area contributed by atoms with Crippen LogP contribution in [0.15, 0.2) is 24.4 Å². The molecule has 3 aromatic rings.